The molecule has 7 heteroatoms. The predicted octanol–water partition coefficient (Wildman–Crippen LogP) is 0.185. The van der Waals surface area contributed by atoms with Gasteiger partial charge in [0.25, 0.3) is 0 Å². The third-order valence-corrected chi connectivity index (χ3v) is 3.07. The summed E-state index contributed by atoms with van der Waals surface area (Å²) in [7, 11) is 0. The van der Waals surface area contributed by atoms with Crippen LogP contribution in [0.15, 0.2) is 6.20 Å². The van der Waals surface area contributed by atoms with E-state index in [0.717, 1.165) is 12.8 Å². The van der Waals surface area contributed by atoms with Gasteiger partial charge in [-0.05, 0) is 19.8 Å². The van der Waals surface area contributed by atoms with Crippen LogP contribution in [0.4, 0.5) is 0 Å². The highest BCUT2D eigenvalue weighted by Gasteiger charge is 2.17. The highest BCUT2D eigenvalue weighted by atomic mass is 16.5. The fraction of sp³-hybridized carbons (Fsp3) is 0.583. The van der Waals surface area contributed by atoms with Crippen LogP contribution in [-0.2, 0) is 16.1 Å². The van der Waals surface area contributed by atoms with Crippen LogP contribution in [0.25, 0.3) is 0 Å². The third kappa shape index (κ3) is 3.54. The van der Waals surface area contributed by atoms with Crippen LogP contribution < -0.4 is 5.32 Å². The average molecular weight is 267 g/mol. The van der Waals surface area contributed by atoms with Gasteiger partial charge >= 0.3 is 5.97 Å². The van der Waals surface area contributed by atoms with Gasteiger partial charge in [-0.25, -0.2) is 4.79 Å². The van der Waals surface area contributed by atoms with Gasteiger partial charge < -0.3 is 15.2 Å². The molecule has 2 heterocycles. The molecular weight excluding hydrogens is 250 g/mol. The Morgan fingerprint density at radius 3 is 2.79 bits per heavy atom. The van der Waals surface area contributed by atoms with Crippen molar-refractivity contribution in [1.29, 1.82) is 0 Å². The SMILES string of the molecule is Cc1nn(CC(=O)NC2CCOCC2)cc1C(=O)O. The molecule has 104 valence electrons. The summed E-state index contributed by atoms with van der Waals surface area (Å²) in [6.45, 7) is 2.96. The van der Waals surface area contributed by atoms with Crippen molar-refractivity contribution in [2.45, 2.75) is 32.4 Å². The number of rotatable bonds is 4. The Hall–Kier alpha value is -1.89. The number of carboxylic acid groups (broad SMARTS) is 1. The van der Waals surface area contributed by atoms with Crippen LogP contribution >= 0.6 is 0 Å². The Bertz CT molecular complexity index is 477. The van der Waals surface area contributed by atoms with Crippen LogP contribution in [0, 0.1) is 6.92 Å². The molecule has 1 fully saturated rings. The molecule has 0 unspecified atom stereocenters. The number of nitrogens with zero attached hydrogens (tertiary/aromatic N) is 2. The molecule has 1 saturated heterocycles. The maximum Gasteiger partial charge on any atom is 0.339 e. The smallest absolute Gasteiger partial charge is 0.339 e. The summed E-state index contributed by atoms with van der Waals surface area (Å²) in [4.78, 5) is 22.7. The van der Waals surface area contributed by atoms with Gasteiger partial charge in [-0.2, -0.15) is 5.10 Å². The lowest BCUT2D eigenvalue weighted by molar-refractivity contribution is -0.123. The normalized spacial score (nSPS) is 16.3. The van der Waals surface area contributed by atoms with Crippen molar-refractivity contribution in [1.82, 2.24) is 15.1 Å². The van der Waals surface area contributed by atoms with Gasteiger partial charge in [0.05, 0.1) is 5.69 Å². The van der Waals surface area contributed by atoms with Crippen molar-refractivity contribution in [3.8, 4) is 0 Å². The van der Waals surface area contributed by atoms with E-state index >= 15 is 0 Å². The number of carbonyl (C=O) groups is 2. The minimum absolute atomic E-state index is 0.0332. The van der Waals surface area contributed by atoms with E-state index in [4.69, 9.17) is 9.84 Å². The lowest BCUT2D eigenvalue weighted by Crippen LogP contribution is -2.40. The maximum atomic E-state index is 11.8. The fourth-order valence-corrected chi connectivity index (χ4v) is 2.07. The highest BCUT2D eigenvalue weighted by Crippen LogP contribution is 2.07. The molecule has 0 aliphatic carbocycles. The number of carboxylic acids is 1. The molecule has 2 N–H and O–H groups in total. The molecule has 0 radical (unpaired) electrons. The summed E-state index contributed by atoms with van der Waals surface area (Å²) in [6.07, 6.45) is 3.00. The second-order valence-corrected chi connectivity index (χ2v) is 4.59. The van der Waals surface area contributed by atoms with Gasteiger partial charge in [-0.3, -0.25) is 9.48 Å². The molecule has 0 atom stereocenters. The first-order valence-corrected chi connectivity index (χ1v) is 6.20. The predicted molar refractivity (Wildman–Crippen MR) is 65.9 cm³/mol. The third-order valence-electron chi connectivity index (χ3n) is 3.07. The summed E-state index contributed by atoms with van der Waals surface area (Å²) in [6, 6.07) is 0.136. The molecule has 1 amide bonds. The van der Waals surface area contributed by atoms with Crippen LogP contribution in [0.1, 0.15) is 28.9 Å². The Morgan fingerprint density at radius 2 is 2.21 bits per heavy atom. The largest absolute Gasteiger partial charge is 0.478 e. The number of ether oxygens (including phenoxy) is 1. The zero-order valence-corrected chi connectivity index (χ0v) is 10.8. The van der Waals surface area contributed by atoms with Crippen LogP contribution in [-0.4, -0.2) is 46.0 Å². The summed E-state index contributed by atoms with van der Waals surface area (Å²) in [5, 5.41) is 15.8. The summed E-state index contributed by atoms with van der Waals surface area (Å²) < 4.78 is 6.57. The first kappa shape index (κ1) is 13.5. The van der Waals surface area contributed by atoms with E-state index in [2.05, 4.69) is 10.4 Å². The van der Waals surface area contributed by atoms with Gasteiger partial charge in [0, 0.05) is 25.5 Å². The van der Waals surface area contributed by atoms with Crippen LogP contribution in [0.5, 0.6) is 0 Å². The minimum Gasteiger partial charge on any atom is -0.478 e. The van der Waals surface area contributed by atoms with Crippen molar-refractivity contribution in [3.63, 3.8) is 0 Å². The average Bonchev–Trinajstić information content (AvgIpc) is 2.71. The molecule has 2 rings (SSSR count). The number of hydrogen-bond acceptors (Lipinski definition) is 4. The molecule has 1 aliphatic heterocycles. The Balaban J connectivity index is 1.91. The maximum absolute atomic E-state index is 11.8. The number of carbonyl (C=O) groups excluding carboxylic acids is 1. The zero-order valence-electron chi connectivity index (χ0n) is 10.8. The van der Waals surface area contributed by atoms with E-state index in [0.29, 0.717) is 18.9 Å². The topological polar surface area (TPSA) is 93.5 Å². The molecule has 1 aromatic rings. The Morgan fingerprint density at radius 1 is 1.53 bits per heavy atom. The van der Waals surface area contributed by atoms with E-state index < -0.39 is 5.97 Å². The number of hydrogen-bond donors (Lipinski definition) is 2. The highest BCUT2D eigenvalue weighted by molar-refractivity contribution is 5.88. The second-order valence-electron chi connectivity index (χ2n) is 4.59. The first-order chi connectivity index (χ1) is 9.06. The monoisotopic (exact) mass is 267 g/mol. The number of aromatic nitrogens is 2. The number of nitrogens with one attached hydrogen (secondary N) is 1. The molecule has 1 aliphatic rings. The zero-order chi connectivity index (χ0) is 13.8. The number of aromatic carboxylic acids is 1. The van der Waals surface area contributed by atoms with Crippen molar-refractivity contribution in [3.05, 3.63) is 17.5 Å². The Kier molecular flexibility index (Phi) is 4.16. The van der Waals surface area contributed by atoms with E-state index in [1.54, 1.807) is 6.92 Å². The standard InChI is InChI=1S/C12H17N3O4/c1-8-10(12(17)18)6-15(14-8)7-11(16)13-9-2-4-19-5-3-9/h6,9H,2-5,7H2,1H3,(H,13,16)(H,17,18). The van der Waals surface area contributed by atoms with E-state index in [1.165, 1.54) is 10.9 Å². The Labute approximate surface area is 110 Å². The van der Waals surface area contributed by atoms with Gasteiger partial charge in [-0.15, -0.1) is 0 Å². The molecule has 0 aromatic carbocycles. The van der Waals surface area contributed by atoms with Gasteiger partial charge in [0.1, 0.15) is 12.1 Å². The quantitative estimate of drug-likeness (QED) is 0.812. The molecule has 19 heavy (non-hydrogen) atoms. The summed E-state index contributed by atoms with van der Waals surface area (Å²) >= 11 is 0. The molecule has 1 aromatic heterocycles. The van der Waals surface area contributed by atoms with Gasteiger partial charge in [-0.1, -0.05) is 0 Å². The molecule has 0 bridgehead atoms. The van der Waals surface area contributed by atoms with Crippen molar-refractivity contribution >= 4 is 11.9 Å². The second kappa shape index (κ2) is 5.83. The van der Waals surface area contributed by atoms with E-state index in [9.17, 15) is 9.59 Å². The van der Waals surface area contributed by atoms with E-state index in [1.807, 2.05) is 0 Å². The summed E-state index contributed by atoms with van der Waals surface area (Å²) in [5.74, 6) is -1.19. The van der Waals surface area contributed by atoms with Crippen LogP contribution in [0.2, 0.25) is 0 Å². The molecule has 0 saturated carbocycles. The fourth-order valence-electron chi connectivity index (χ4n) is 2.07. The minimum atomic E-state index is -1.03. The van der Waals surface area contributed by atoms with Gasteiger partial charge in [0.2, 0.25) is 5.91 Å². The molecule has 7 nitrogen and oxygen atoms in total. The van der Waals surface area contributed by atoms with Crippen molar-refractivity contribution < 1.29 is 19.4 Å². The number of aryl methyl sites for hydroxylation is 1. The van der Waals surface area contributed by atoms with E-state index in [-0.39, 0.29) is 24.1 Å². The van der Waals surface area contributed by atoms with Crippen LogP contribution in [0.3, 0.4) is 0 Å². The lowest BCUT2D eigenvalue weighted by Gasteiger charge is -2.23. The number of amides is 1. The lowest BCUT2D eigenvalue weighted by atomic mass is 10.1. The molecular formula is C12H17N3O4. The summed E-state index contributed by atoms with van der Waals surface area (Å²) in [5.41, 5.74) is 0.533. The van der Waals surface area contributed by atoms with Crippen molar-refractivity contribution in [2.24, 2.45) is 0 Å². The molecule has 0 spiro atoms. The van der Waals surface area contributed by atoms with Crippen molar-refractivity contribution in [2.75, 3.05) is 13.2 Å². The van der Waals surface area contributed by atoms with Gasteiger partial charge in [0.15, 0.2) is 0 Å². The first-order valence-electron chi connectivity index (χ1n) is 6.20.